The molecule has 5 heteroatoms. The highest BCUT2D eigenvalue weighted by Gasteiger charge is 2.42. The molecule has 0 radical (unpaired) electrons. The molecule has 3 heterocycles. The molecule has 1 aromatic carbocycles. The zero-order valence-electron chi connectivity index (χ0n) is 15.0. The third kappa shape index (κ3) is 2.48. The van der Waals surface area contributed by atoms with Crippen LogP contribution < -0.4 is 5.32 Å². The molecule has 0 unspecified atom stereocenters. The third-order valence-electron chi connectivity index (χ3n) is 6.35. The van der Waals surface area contributed by atoms with E-state index in [1.54, 1.807) is 0 Å². The van der Waals surface area contributed by atoms with Crippen LogP contribution in [0.25, 0.3) is 11.4 Å². The second-order valence-electron chi connectivity index (χ2n) is 8.05. The van der Waals surface area contributed by atoms with Gasteiger partial charge in [-0.2, -0.15) is 5.10 Å². The van der Waals surface area contributed by atoms with Crippen molar-refractivity contribution in [3.63, 3.8) is 0 Å². The van der Waals surface area contributed by atoms with E-state index in [1.807, 2.05) is 0 Å². The fourth-order valence-corrected chi connectivity index (χ4v) is 4.75. The van der Waals surface area contributed by atoms with Gasteiger partial charge >= 0.3 is 0 Å². The van der Waals surface area contributed by atoms with Gasteiger partial charge in [-0.1, -0.05) is 31.4 Å². The highest BCUT2D eigenvalue weighted by atomic mass is 15.5. The average molecular weight is 337 g/mol. The van der Waals surface area contributed by atoms with Gasteiger partial charge in [0.25, 0.3) is 0 Å². The van der Waals surface area contributed by atoms with Crippen LogP contribution >= 0.6 is 0 Å². The van der Waals surface area contributed by atoms with Crippen LogP contribution in [0.4, 0.5) is 5.69 Å². The molecule has 1 saturated carbocycles. The van der Waals surface area contributed by atoms with Crippen LogP contribution in [0, 0.1) is 0 Å². The van der Waals surface area contributed by atoms with Crippen LogP contribution in [0.3, 0.4) is 0 Å². The van der Waals surface area contributed by atoms with Crippen LogP contribution in [-0.2, 0) is 5.66 Å². The summed E-state index contributed by atoms with van der Waals surface area (Å²) in [5.41, 5.74) is 2.29. The number of aromatic nitrogens is 3. The molecule has 1 spiro atoms. The van der Waals surface area contributed by atoms with Crippen molar-refractivity contribution in [3.05, 3.63) is 30.1 Å². The average Bonchev–Trinajstić information content (AvgIpc) is 3.12. The van der Waals surface area contributed by atoms with E-state index >= 15 is 0 Å². The number of nitrogens with zero attached hydrogens (tertiary/aromatic N) is 4. The first kappa shape index (κ1) is 15.4. The lowest BCUT2D eigenvalue weighted by molar-refractivity contribution is 0.139. The summed E-state index contributed by atoms with van der Waals surface area (Å²) in [4.78, 5) is 7.49. The van der Waals surface area contributed by atoms with Crippen LogP contribution in [0.15, 0.2) is 24.3 Å². The van der Waals surface area contributed by atoms with Gasteiger partial charge in [0.15, 0.2) is 11.6 Å². The maximum absolute atomic E-state index is 5.10. The van der Waals surface area contributed by atoms with Crippen LogP contribution in [0.2, 0.25) is 0 Å². The van der Waals surface area contributed by atoms with Crippen molar-refractivity contribution in [2.45, 2.75) is 56.5 Å². The Morgan fingerprint density at radius 3 is 2.64 bits per heavy atom. The van der Waals surface area contributed by atoms with E-state index in [9.17, 15) is 0 Å². The van der Waals surface area contributed by atoms with Gasteiger partial charge in [-0.3, -0.25) is 0 Å². The number of piperidine rings is 1. The molecule has 1 aliphatic carbocycles. The van der Waals surface area contributed by atoms with Crippen LogP contribution in [-0.4, -0.2) is 39.8 Å². The van der Waals surface area contributed by atoms with E-state index in [4.69, 9.17) is 10.1 Å². The Morgan fingerprint density at radius 2 is 1.84 bits per heavy atom. The van der Waals surface area contributed by atoms with Gasteiger partial charge in [-0.05, 0) is 32.0 Å². The molecule has 0 amide bonds. The number of anilines is 1. The van der Waals surface area contributed by atoms with Gasteiger partial charge in [0.05, 0.1) is 0 Å². The number of likely N-dealkylation sites (tertiary alicyclic amines) is 1. The Hall–Kier alpha value is -1.88. The first-order valence-corrected chi connectivity index (χ1v) is 9.79. The summed E-state index contributed by atoms with van der Waals surface area (Å²) in [7, 11) is 2.21. The number of fused-ring (bicyclic) bond motifs is 4. The van der Waals surface area contributed by atoms with Crippen molar-refractivity contribution in [3.8, 4) is 11.4 Å². The summed E-state index contributed by atoms with van der Waals surface area (Å²) in [5.74, 6) is 2.69. The smallest absolute Gasteiger partial charge is 0.162 e. The van der Waals surface area contributed by atoms with E-state index in [-0.39, 0.29) is 5.66 Å². The van der Waals surface area contributed by atoms with Crippen molar-refractivity contribution in [1.29, 1.82) is 0 Å². The molecule has 132 valence electrons. The first-order valence-electron chi connectivity index (χ1n) is 9.79. The molecule has 2 aromatic rings. The van der Waals surface area contributed by atoms with Crippen molar-refractivity contribution >= 4 is 5.69 Å². The maximum atomic E-state index is 5.10. The number of benzene rings is 1. The molecule has 2 fully saturated rings. The minimum atomic E-state index is -0.115. The summed E-state index contributed by atoms with van der Waals surface area (Å²) in [6.45, 7) is 2.18. The van der Waals surface area contributed by atoms with Crippen LogP contribution in [0.1, 0.15) is 56.7 Å². The molecule has 5 nitrogen and oxygen atoms in total. The molecular formula is C20H27N5. The summed E-state index contributed by atoms with van der Waals surface area (Å²) >= 11 is 0. The van der Waals surface area contributed by atoms with Gasteiger partial charge in [0.2, 0.25) is 0 Å². The molecule has 1 N–H and O–H groups in total. The quantitative estimate of drug-likeness (QED) is 0.860. The van der Waals surface area contributed by atoms with E-state index in [0.29, 0.717) is 5.92 Å². The SMILES string of the molecule is CN1CCC2(CC1)Nc1ccccc1-c1nc(C3CCCCC3)nn12. The lowest BCUT2D eigenvalue weighted by Crippen LogP contribution is -2.52. The number of nitrogens with one attached hydrogen (secondary N) is 1. The minimum absolute atomic E-state index is 0.115. The number of rotatable bonds is 1. The monoisotopic (exact) mass is 337 g/mol. The van der Waals surface area contributed by atoms with Gasteiger partial charge in [-0.15, -0.1) is 0 Å². The van der Waals surface area contributed by atoms with E-state index in [0.717, 1.165) is 37.6 Å². The molecule has 2 aliphatic heterocycles. The molecule has 0 atom stereocenters. The Morgan fingerprint density at radius 1 is 1.08 bits per heavy atom. The highest BCUT2D eigenvalue weighted by Crippen LogP contribution is 2.43. The zero-order chi connectivity index (χ0) is 16.9. The predicted octanol–water partition coefficient (Wildman–Crippen LogP) is 3.80. The van der Waals surface area contributed by atoms with E-state index in [2.05, 4.69) is 46.2 Å². The lowest BCUT2D eigenvalue weighted by atomic mass is 9.89. The van der Waals surface area contributed by atoms with Crippen molar-refractivity contribution in [2.24, 2.45) is 0 Å². The van der Waals surface area contributed by atoms with Crippen molar-refractivity contribution < 1.29 is 0 Å². The number of hydrogen-bond acceptors (Lipinski definition) is 4. The Kier molecular flexibility index (Phi) is 3.59. The first-order chi connectivity index (χ1) is 12.3. The standard InChI is InChI=1S/C20H27N5/c1-24-13-11-20(12-14-24)22-17-10-6-5-9-16(17)19-21-18(23-25(19)20)15-7-3-2-4-8-15/h5-6,9-10,15,22H,2-4,7-8,11-14H2,1H3. The molecular weight excluding hydrogens is 310 g/mol. The normalized spacial score (nSPS) is 23.1. The Balaban J connectivity index is 1.61. The molecule has 0 bridgehead atoms. The van der Waals surface area contributed by atoms with Gasteiger partial charge in [0.1, 0.15) is 5.66 Å². The van der Waals surface area contributed by atoms with E-state index < -0.39 is 0 Å². The molecule has 1 saturated heterocycles. The Labute approximate surface area is 149 Å². The predicted molar refractivity (Wildman–Crippen MR) is 99.6 cm³/mol. The van der Waals surface area contributed by atoms with Gasteiger partial charge in [-0.25, -0.2) is 9.67 Å². The second-order valence-corrected chi connectivity index (χ2v) is 8.05. The summed E-state index contributed by atoms with van der Waals surface area (Å²) in [6, 6.07) is 8.58. The largest absolute Gasteiger partial charge is 0.360 e. The number of para-hydroxylation sites is 1. The second kappa shape index (κ2) is 5.84. The maximum Gasteiger partial charge on any atom is 0.162 e. The molecule has 1 aromatic heterocycles. The number of hydrogen-bond donors (Lipinski definition) is 1. The van der Waals surface area contributed by atoms with Gasteiger partial charge < -0.3 is 10.2 Å². The van der Waals surface area contributed by atoms with Gasteiger partial charge in [0, 0.05) is 43.1 Å². The van der Waals surface area contributed by atoms with Crippen molar-refractivity contribution in [2.75, 3.05) is 25.5 Å². The Bertz CT molecular complexity index is 766. The molecule has 3 aliphatic rings. The summed E-state index contributed by atoms with van der Waals surface area (Å²) < 4.78 is 2.24. The van der Waals surface area contributed by atoms with E-state index in [1.165, 1.54) is 43.4 Å². The van der Waals surface area contributed by atoms with Crippen LogP contribution in [0.5, 0.6) is 0 Å². The lowest BCUT2D eigenvalue weighted by Gasteiger charge is -2.45. The van der Waals surface area contributed by atoms with Crippen molar-refractivity contribution in [1.82, 2.24) is 19.7 Å². The molecule has 25 heavy (non-hydrogen) atoms. The summed E-state index contributed by atoms with van der Waals surface area (Å²) in [6.07, 6.45) is 8.63. The highest BCUT2D eigenvalue weighted by molar-refractivity contribution is 5.76. The minimum Gasteiger partial charge on any atom is -0.360 e. The molecule has 5 rings (SSSR count). The summed E-state index contributed by atoms with van der Waals surface area (Å²) in [5, 5.41) is 8.94. The zero-order valence-corrected chi connectivity index (χ0v) is 15.0. The topological polar surface area (TPSA) is 46.0 Å². The third-order valence-corrected chi connectivity index (χ3v) is 6.35. The fourth-order valence-electron chi connectivity index (χ4n) is 4.75. The fraction of sp³-hybridized carbons (Fsp3) is 0.600.